The Hall–Kier alpha value is -0.740. The average Bonchev–Trinajstić information content (AvgIpc) is 2.70. The van der Waals surface area contributed by atoms with Crippen molar-refractivity contribution in [3.63, 3.8) is 0 Å². The van der Waals surface area contributed by atoms with Crippen LogP contribution < -0.4 is 5.73 Å². The van der Waals surface area contributed by atoms with Gasteiger partial charge in [0.15, 0.2) is 0 Å². The van der Waals surface area contributed by atoms with Gasteiger partial charge in [0.1, 0.15) is 5.82 Å². The predicted molar refractivity (Wildman–Crippen MR) is 59.0 cm³/mol. The highest BCUT2D eigenvalue weighted by Crippen LogP contribution is 2.35. The summed E-state index contributed by atoms with van der Waals surface area (Å²) in [6.07, 6.45) is 2.27. The molecule has 2 atom stereocenters. The lowest BCUT2D eigenvalue weighted by molar-refractivity contribution is 0.122. The summed E-state index contributed by atoms with van der Waals surface area (Å²) in [7, 11) is 0. The van der Waals surface area contributed by atoms with Crippen LogP contribution in [0.1, 0.15) is 18.1 Å². The van der Waals surface area contributed by atoms with E-state index in [4.69, 9.17) is 5.73 Å². The van der Waals surface area contributed by atoms with Gasteiger partial charge in [0.25, 0.3) is 0 Å². The van der Waals surface area contributed by atoms with Crippen molar-refractivity contribution >= 4 is 17.6 Å². The van der Waals surface area contributed by atoms with Gasteiger partial charge in [-0.1, -0.05) is 6.07 Å². The van der Waals surface area contributed by atoms with Gasteiger partial charge in [0.05, 0.1) is 6.10 Å². The molecule has 0 bridgehead atoms. The number of aliphatic hydroxyl groups excluding tert-OH is 1. The van der Waals surface area contributed by atoms with Crippen LogP contribution >= 0.6 is 11.8 Å². The van der Waals surface area contributed by atoms with Crippen molar-refractivity contribution in [2.75, 3.05) is 17.2 Å². The Labute approximate surface area is 87.7 Å². The largest absolute Gasteiger partial charge is 0.388 e. The van der Waals surface area contributed by atoms with E-state index in [-0.39, 0.29) is 0 Å². The lowest BCUT2D eigenvalue weighted by Gasteiger charge is -2.18. The summed E-state index contributed by atoms with van der Waals surface area (Å²) in [4.78, 5) is 3.98. The van der Waals surface area contributed by atoms with Crippen LogP contribution in [0, 0.1) is 5.92 Å². The van der Waals surface area contributed by atoms with Gasteiger partial charge in [-0.05, 0) is 29.9 Å². The normalized spacial score (nSPS) is 23.6. The number of aliphatic hydroxyl groups is 1. The summed E-state index contributed by atoms with van der Waals surface area (Å²) < 4.78 is 0. The topological polar surface area (TPSA) is 59.1 Å². The molecule has 1 aromatic heterocycles. The molecular weight excluding hydrogens is 196 g/mol. The molecule has 4 heteroatoms. The van der Waals surface area contributed by atoms with Crippen LogP contribution in [-0.4, -0.2) is 21.6 Å². The highest BCUT2D eigenvalue weighted by atomic mass is 32.2. The first-order chi connectivity index (χ1) is 6.79. The third-order valence-corrected chi connectivity index (χ3v) is 3.79. The standard InChI is InChI=1S/C10H14N2OS/c11-10-8(2-1-4-12-10)9(13)7-3-5-14-6-7/h1-2,4,7,9,13H,3,5-6H2,(H2,11,12). The summed E-state index contributed by atoms with van der Waals surface area (Å²) in [6, 6.07) is 3.67. The first kappa shape index (κ1) is 9.80. The van der Waals surface area contributed by atoms with E-state index in [2.05, 4.69) is 4.98 Å². The second-order valence-corrected chi connectivity index (χ2v) is 4.70. The number of hydrogen-bond donors (Lipinski definition) is 2. The van der Waals surface area contributed by atoms with Crippen molar-refractivity contribution < 1.29 is 5.11 Å². The van der Waals surface area contributed by atoms with E-state index in [0.717, 1.165) is 23.5 Å². The summed E-state index contributed by atoms with van der Waals surface area (Å²) >= 11 is 1.89. The SMILES string of the molecule is Nc1ncccc1C(O)C1CCSC1. The van der Waals surface area contributed by atoms with Gasteiger partial charge in [-0.15, -0.1) is 0 Å². The fraction of sp³-hybridized carbons (Fsp3) is 0.500. The third kappa shape index (κ3) is 1.86. The molecule has 0 radical (unpaired) electrons. The molecule has 0 amide bonds. The highest BCUT2D eigenvalue weighted by molar-refractivity contribution is 7.99. The molecule has 0 aliphatic carbocycles. The van der Waals surface area contributed by atoms with Crippen molar-refractivity contribution in [2.24, 2.45) is 5.92 Å². The Kier molecular flexibility index (Phi) is 2.93. The molecule has 1 aliphatic heterocycles. The van der Waals surface area contributed by atoms with Crippen molar-refractivity contribution in [2.45, 2.75) is 12.5 Å². The molecule has 3 nitrogen and oxygen atoms in total. The number of hydrogen-bond acceptors (Lipinski definition) is 4. The summed E-state index contributed by atoms with van der Waals surface area (Å²) in [5, 5.41) is 10.1. The van der Waals surface area contributed by atoms with E-state index in [1.54, 1.807) is 6.20 Å². The van der Waals surface area contributed by atoms with Crippen LogP contribution in [0.4, 0.5) is 5.82 Å². The molecule has 3 N–H and O–H groups in total. The number of nitrogens with two attached hydrogens (primary N) is 1. The van der Waals surface area contributed by atoms with Crippen LogP contribution in [-0.2, 0) is 0 Å². The minimum absolute atomic E-state index is 0.339. The Balaban J connectivity index is 2.17. The van der Waals surface area contributed by atoms with E-state index in [9.17, 15) is 5.11 Å². The van der Waals surface area contributed by atoms with Crippen LogP contribution in [0.2, 0.25) is 0 Å². The van der Waals surface area contributed by atoms with E-state index in [1.807, 2.05) is 23.9 Å². The fourth-order valence-corrected chi connectivity index (χ4v) is 3.02. The minimum Gasteiger partial charge on any atom is -0.388 e. The second kappa shape index (κ2) is 4.19. The smallest absolute Gasteiger partial charge is 0.129 e. The zero-order chi connectivity index (χ0) is 9.97. The van der Waals surface area contributed by atoms with Gasteiger partial charge in [-0.2, -0.15) is 11.8 Å². The minimum atomic E-state index is -0.446. The van der Waals surface area contributed by atoms with Crippen molar-refractivity contribution in [1.82, 2.24) is 4.98 Å². The molecule has 0 saturated carbocycles. The van der Waals surface area contributed by atoms with Crippen molar-refractivity contribution in [1.29, 1.82) is 0 Å². The van der Waals surface area contributed by atoms with E-state index >= 15 is 0 Å². The number of rotatable bonds is 2. The summed E-state index contributed by atoms with van der Waals surface area (Å²) in [6.45, 7) is 0. The van der Waals surface area contributed by atoms with E-state index < -0.39 is 6.10 Å². The molecule has 0 aromatic carbocycles. The zero-order valence-corrected chi connectivity index (χ0v) is 8.70. The van der Waals surface area contributed by atoms with Crippen LogP contribution in [0.15, 0.2) is 18.3 Å². The van der Waals surface area contributed by atoms with Gasteiger partial charge < -0.3 is 10.8 Å². The summed E-state index contributed by atoms with van der Waals surface area (Å²) in [5.41, 5.74) is 6.49. The van der Waals surface area contributed by atoms with Gasteiger partial charge in [-0.25, -0.2) is 4.98 Å². The Morgan fingerprint density at radius 3 is 3.14 bits per heavy atom. The number of aromatic nitrogens is 1. The molecule has 14 heavy (non-hydrogen) atoms. The third-order valence-electron chi connectivity index (χ3n) is 2.60. The van der Waals surface area contributed by atoms with Crippen LogP contribution in [0.25, 0.3) is 0 Å². The zero-order valence-electron chi connectivity index (χ0n) is 7.89. The molecule has 1 aliphatic rings. The van der Waals surface area contributed by atoms with E-state index in [0.29, 0.717) is 11.7 Å². The molecule has 0 spiro atoms. The Morgan fingerprint density at radius 1 is 1.64 bits per heavy atom. The number of nitrogens with zero attached hydrogens (tertiary/aromatic N) is 1. The van der Waals surface area contributed by atoms with Crippen LogP contribution in [0.5, 0.6) is 0 Å². The van der Waals surface area contributed by atoms with Gasteiger partial charge >= 0.3 is 0 Å². The predicted octanol–water partition coefficient (Wildman–Crippen LogP) is 1.45. The van der Waals surface area contributed by atoms with E-state index in [1.165, 1.54) is 0 Å². The molecule has 76 valence electrons. The maximum absolute atomic E-state index is 10.1. The van der Waals surface area contributed by atoms with Gasteiger partial charge in [0, 0.05) is 11.8 Å². The van der Waals surface area contributed by atoms with Gasteiger partial charge in [-0.3, -0.25) is 0 Å². The first-order valence-electron chi connectivity index (χ1n) is 4.75. The number of nitrogen functional groups attached to an aromatic ring is 1. The molecule has 1 aromatic rings. The molecule has 1 saturated heterocycles. The maximum Gasteiger partial charge on any atom is 0.129 e. The van der Waals surface area contributed by atoms with Crippen molar-refractivity contribution in [3.05, 3.63) is 23.9 Å². The number of thioether (sulfide) groups is 1. The quantitative estimate of drug-likeness (QED) is 0.775. The molecule has 2 heterocycles. The molecular formula is C10H14N2OS. The van der Waals surface area contributed by atoms with Crippen LogP contribution in [0.3, 0.4) is 0 Å². The van der Waals surface area contributed by atoms with Gasteiger partial charge in [0.2, 0.25) is 0 Å². The lowest BCUT2D eigenvalue weighted by Crippen LogP contribution is -2.14. The second-order valence-electron chi connectivity index (χ2n) is 3.55. The maximum atomic E-state index is 10.1. The monoisotopic (exact) mass is 210 g/mol. The molecule has 1 fully saturated rings. The Bertz CT molecular complexity index is 313. The molecule has 2 rings (SSSR count). The lowest BCUT2D eigenvalue weighted by atomic mass is 9.96. The highest BCUT2D eigenvalue weighted by Gasteiger charge is 2.26. The summed E-state index contributed by atoms with van der Waals surface area (Å²) in [5.74, 6) is 2.96. The number of pyridine rings is 1. The van der Waals surface area contributed by atoms with Crippen molar-refractivity contribution in [3.8, 4) is 0 Å². The Morgan fingerprint density at radius 2 is 2.50 bits per heavy atom. The molecule has 2 unspecified atom stereocenters. The fourth-order valence-electron chi connectivity index (χ4n) is 1.74. The average molecular weight is 210 g/mol. The first-order valence-corrected chi connectivity index (χ1v) is 5.90. The number of anilines is 1.